The Morgan fingerprint density at radius 1 is 1.26 bits per heavy atom. The average Bonchev–Trinajstić information content (AvgIpc) is 3.69. The van der Waals surface area contributed by atoms with E-state index in [-0.39, 0.29) is 43.2 Å². The number of carbonyl (C=O) groups is 3. The van der Waals surface area contributed by atoms with Crippen LogP contribution in [0.5, 0.6) is 5.75 Å². The fourth-order valence-corrected chi connectivity index (χ4v) is 5.73. The lowest BCUT2D eigenvalue weighted by atomic mass is 9.85. The number of likely N-dealkylation sites (N-methyl/N-ethyl adjacent to an activating group) is 1. The van der Waals surface area contributed by atoms with Crippen LogP contribution in [0.15, 0.2) is 35.9 Å². The molecule has 3 unspecified atom stereocenters. The fraction of sp³-hybridized carbons (Fsp3) is 0.618. The standard InChI is InChI=1S/C27H35ClN2O6.C5H11NO2.C2H6/c1-16-8-6-7-10-27(33)15-21(35-25(32)29-27)17(2)24-26(3,36-24)11-9-22(31)30(4)19-13-18(12-16)14-20(34-5)23(19)28;1-4(5(7)8)6(2)3;1-2/h6-8,13-14,17,21,24,33H,9-12,15H2,1-5H3,(H,29,32);4H,1-3H3,(H,7,8);1-2H3/b7-6+,16-8+;;/t17-,21?,24?,26?,27-;4-;/m10./s1. The van der Waals surface area contributed by atoms with Gasteiger partial charge < -0.3 is 29.3 Å². The molecule has 3 N–H and O–H groups in total. The lowest BCUT2D eigenvalue weighted by Gasteiger charge is -2.38. The molecule has 0 radical (unpaired) electrons. The van der Waals surface area contributed by atoms with Gasteiger partial charge in [0, 0.05) is 32.2 Å². The first-order valence-corrected chi connectivity index (χ1v) is 16.1. The van der Waals surface area contributed by atoms with Gasteiger partial charge in [-0.25, -0.2) is 4.79 Å². The van der Waals surface area contributed by atoms with Crippen molar-refractivity contribution in [2.45, 2.75) is 103 Å². The summed E-state index contributed by atoms with van der Waals surface area (Å²) < 4.78 is 17.0. The van der Waals surface area contributed by atoms with Crippen molar-refractivity contribution in [2.75, 3.05) is 33.2 Å². The molecule has 2 saturated heterocycles. The van der Waals surface area contributed by atoms with Crippen LogP contribution in [0.25, 0.3) is 0 Å². The monoisotopic (exact) mass is 665 g/mol. The van der Waals surface area contributed by atoms with Gasteiger partial charge in [-0.05, 0) is 65.4 Å². The summed E-state index contributed by atoms with van der Waals surface area (Å²) in [6.45, 7) is 11.6. The van der Waals surface area contributed by atoms with Crippen LogP contribution < -0.4 is 15.0 Å². The number of anilines is 1. The zero-order valence-electron chi connectivity index (χ0n) is 28.8. The molecule has 4 bridgehead atoms. The van der Waals surface area contributed by atoms with Crippen LogP contribution in [0.1, 0.15) is 72.8 Å². The summed E-state index contributed by atoms with van der Waals surface area (Å²) in [4.78, 5) is 38.7. The number of epoxide rings is 1. The molecule has 0 aromatic heterocycles. The second-order valence-electron chi connectivity index (χ2n) is 12.4. The van der Waals surface area contributed by atoms with E-state index in [2.05, 4.69) is 5.32 Å². The van der Waals surface area contributed by atoms with Gasteiger partial charge in [-0.15, -0.1) is 0 Å². The van der Waals surface area contributed by atoms with Gasteiger partial charge in [0.05, 0.1) is 24.5 Å². The summed E-state index contributed by atoms with van der Waals surface area (Å²) in [5.74, 6) is -0.510. The summed E-state index contributed by atoms with van der Waals surface area (Å²) in [5, 5.41) is 22.3. The summed E-state index contributed by atoms with van der Waals surface area (Å²) in [5.41, 5.74) is 0.692. The average molecular weight is 666 g/mol. The molecule has 258 valence electrons. The number of aliphatic carboxylic acids is 1. The molecular weight excluding hydrogens is 614 g/mol. The zero-order chi connectivity index (χ0) is 35.0. The Balaban J connectivity index is 0.000000643. The highest BCUT2D eigenvalue weighted by molar-refractivity contribution is 6.35. The van der Waals surface area contributed by atoms with Gasteiger partial charge in [0.1, 0.15) is 28.6 Å². The number of nitrogens with one attached hydrogen (secondary N) is 1. The van der Waals surface area contributed by atoms with E-state index in [1.165, 1.54) is 0 Å². The second-order valence-corrected chi connectivity index (χ2v) is 12.8. The van der Waals surface area contributed by atoms with E-state index >= 15 is 0 Å². The molecule has 1 aromatic carbocycles. The van der Waals surface area contributed by atoms with E-state index in [0.717, 1.165) is 11.1 Å². The predicted octanol–water partition coefficient (Wildman–Crippen LogP) is 5.57. The van der Waals surface area contributed by atoms with Crippen LogP contribution in [0.4, 0.5) is 10.5 Å². The number of halogens is 1. The van der Waals surface area contributed by atoms with Gasteiger partial charge in [0.25, 0.3) is 0 Å². The molecule has 12 heteroatoms. The van der Waals surface area contributed by atoms with Crippen LogP contribution in [0, 0.1) is 5.92 Å². The number of carbonyl (C=O) groups excluding carboxylic acids is 2. The Kier molecular flexibility index (Phi) is 14.1. The van der Waals surface area contributed by atoms with Crippen molar-refractivity contribution in [1.29, 1.82) is 0 Å². The Bertz CT molecular complexity index is 1300. The number of fused-ring (bicyclic) bond motifs is 5. The van der Waals surface area contributed by atoms with E-state index in [4.69, 9.17) is 30.9 Å². The van der Waals surface area contributed by atoms with E-state index in [1.807, 2.05) is 65.0 Å². The van der Waals surface area contributed by atoms with Crippen molar-refractivity contribution in [3.63, 3.8) is 0 Å². The van der Waals surface area contributed by atoms with Crippen molar-refractivity contribution in [2.24, 2.45) is 5.92 Å². The minimum absolute atomic E-state index is 0.0879. The molecule has 11 nitrogen and oxygen atoms in total. The lowest BCUT2D eigenvalue weighted by molar-refractivity contribution is -0.141. The van der Waals surface area contributed by atoms with Crippen molar-refractivity contribution >= 4 is 35.3 Å². The first kappa shape index (κ1) is 39.1. The van der Waals surface area contributed by atoms with Crippen LogP contribution in [-0.4, -0.2) is 90.9 Å². The maximum atomic E-state index is 13.2. The number of aliphatic hydroxyl groups is 1. The number of carboxylic acids is 1. The molecule has 0 aliphatic carbocycles. The number of alkyl carbamates (subject to hydrolysis) is 1. The van der Waals surface area contributed by atoms with Gasteiger partial charge in [-0.1, -0.05) is 56.2 Å². The molecule has 6 atom stereocenters. The minimum Gasteiger partial charge on any atom is -0.495 e. The number of hydrogen-bond donors (Lipinski definition) is 3. The Morgan fingerprint density at radius 3 is 2.48 bits per heavy atom. The maximum absolute atomic E-state index is 13.2. The summed E-state index contributed by atoms with van der Waals surface area (Å²) in [6, 6.07) is 3.41. The van der Waals surface area contributed by atoms with Gasteiger partial charge in [0.15, 0.2) is 0 Å². The first-order chi connectivity index (χ1) is 21.5. The van der Waals surface area contributed by atoms with Gasteiger partial charge in [0.2, 0.25) is 5.91 Å². The third-order valence-corrected chi connectivity index (χ3v) is 8.97. The van der Waals surface area contributed by atoms with E-state index in [1.54, 1.807) is 45.0 Å². The Labute approximate surface area is 278 Å². The van der Waals surface area contributed by atoms with Crippen LogP contribution in [-0.2, 0) is 25.5 Å². The summed E-state index contributed by atoms with van der Waals surface area (Å²) >= 11 is 6.59. The molecule has 3 heterocycles. The molecule has 2 fully saturated rings. The molecular formula is C34H52ClN3O8. The highest BCUT2D eigenvalue weighted by Gasteiger charge is 2.58. The number of benzene rings is 1. The van der Waals surface area contributed by atoms with Gasteiger partial charge in [-0.2, -0.15) is 0 Å². The number of amides is 2. The number of carboxylic acid groups (broad SMARTS) is 1. The number of ether oxygens (including phenoxy) is 3. The maximum Gasteiger partial charge on any atom is 0.409 e. The SMILES string of the molecule is CC.COc1cc2cc(c1Cl)N(C)C(=O)CCC1(C)OC1[C@H](C)C1C[C@](O)(C/C=C/C=C(\C)C2)NC(=O)O1.C[C@@H](C(=O)O)N(C)C. The highest BCUT2D eigenvalue weighted by atomic mass is 35.5. The van der Waals surface area contributed by atoms with Crippen molar-refractivity contribution < 1.29 is 38.8 Å². The normalized spacial score (nSPS) is 30.4. The molecule has 0 saturated carbocycles. The van der Waals surface area contributed by atoms with Gasteiger partial charge >= 0.3 is 12.1 Å². The van der Waals surface area contributed by atoms with Gasteiger partial charge in [-0.3, -0.25) is 19.8 Å². The predicted molar refractivity (Wildman–Crippen MR) is 179 cm³/mol. The Morgan fingerprint density at radius 2 is 1.91 bits per heavy atom. The second kappa shape index (κ2) is 16.6. The molecule has 1 aromatic rings. The van der Waals surface area contributed by atoms with Crippen molar-refractivity contribution in [1.82, 2.24) is 10.2 Å². The van der Waals surface area contributed by atoms with E-state index in [0.29, 0.717) is 29.3 Å². The number of allylic oxidation sites excluding steroid dienone is 3. The van der Waals surface area contributed by atoms with E-state index in [9.17, 15) is 19.5 Å². The van der Waals surface area contributed by atoms with Crippen molar-refractivity contribution in [3.8, 4) is 5.75 Å². The number of rotatable bonds is 3. The van der Waals surface area contributed by atoms with Crippen LogP contribution >= 0.6 is 11.6 Å². The highest BCUT2D eigenvalue weighted by Crippen LogP contribution is 2.47. The zero-order valence-corrected chi connectivity index (χ0v) is 29.6. The van der Waals surface area contributed by atoms with E-state index < -0.39 is 29.5 Å². The molecule has 46 heavy (non-hydrogen) atoms. The van der Waals surface area contributed by atoms with Crippen LogP contribution in [0.3, 0.4) is 0 Å². The first-order valence-electron chi connectivity index (χ1n) is 15.7. The number of nitrogens with zero attached hydrogens (tertiary/aromatic N) is 2. The number of hydrogen-bond acceptors (Lipinski definition) is 8. The topological polar surface area (TPSA) is 141 Å². The van der Waals surface area contributed by atoms with Crippen LogP contribution in [0.2, 0.25) is 5.02 Å². The van der Waals surface area contributed by atoms with Crippen molar-refractivity contribution in [3.05, 3.63) is 46.5 Å². The third-order valence-electron chi connectivity index (χ3n) is 8.59. The minimum atomic E-state index is -1.40. The summed E-state index contributed by atoms with van der Waals surface area (Å²) in [6.07, 6.45) is 6.20. The fourth-order valence-electron chi connectivity index (χ4n) is 5.41. The molecule has 3 aliphatic heterocycles. The summed E-state index contributed by atoms with van der Waals surface area (Å²) in [7, 11) is 6.74. The smallest absolute Gasteiger partial charge is 0.409 e. The quantitative estimate of drug-likeness (QED) is 0.354. The largest absolute Gasteiger partial charge is 0.495 e. The molecule has 0 spiro atoms. The Hall–Kier alpha value is -3.12. The molecule has 3 aliphatic rings. The molecule has 4 rings (SSSR count). The molecule has 2 amide bonds. The lowest BCUT2D eigenvalue weighted by Crippen LogP contribution is -2.57. The third kappa shape index (κ3) is 10.2. The number of methoxy groups -OCH3 is 1.